The van der Waals surface area contributed by atoms with Crippen molar-refractivity contribution in [1.29, 1.82) is 0 Å². The Balaban J connectivity index is 1.93. The van der Waals surface area contributed by atoms with E-state index in [4.69, 9.17) is 11.6 Å². The van der Waals surface area contributed by atoms with Gasteiger partial charge < -0.3 is 0 Å². The average molecular weight is 457 g/mol. The molecule has 13 heteroatoms. The average Bonchev–Trinajstić information content (AvgIpc) is 3.33. The molecular formula is C17H12ClF3N6O2S. The largest absolute Gasteiger partial charge is 0.435 e. The predicted octanol–water partition coefficient (Wildman–Crippen LogP) is 3.44. The van der Waals surface area contributed by atoms with Gasteiger partial charge in [0.15, 0.2) is 27.0 Å². The van der Waals surface area contributed by atoms with E-state index in [-0.39, 0.29) is 33.4 Å². The van der Waals surface area contributed by atoms with Crippen molar-refractivity contribution in [3.05, 3.63) is 53.7 Å². The first-order valence-electron chi connectivity index (χ1n) is 8.46. The molecule has 0 fully saturated rings. The molecule has 0 saturated carbocycles. The fourth-order valence-electron chi connectivity index (χ4n) is 2.74. The van der Waals surface area contributed by atoms with Crippen molar-refractivity contribution in [2.45, 2.75) is 18.0 Å². The number of hydrogen-bond acceptors (Lipinski definition) is 6. The normalized spacial score (nSPS) is 12.6. The number of fused-ring (bicyclic) bond motifs is 1. The van der Waals surface area contributed by atoms with Gasteiger partial charge >= 0.3 is 6.18 Å². The van der Waals surface area contributed by atoms with E-state index in [0.29, 0.717) is 5.02 Å². The maximum atomic E-state index is 12.9. The molecule has 0 aliphatic heterocycles. The summed E-state index contributed by atoms with van der Waals surface area (Å²) in [5.41, 5.74) is -0.965. The first kappa shape index (κ1) is 20.3. The lowest BCUT2D eigenvalue weighted by Crippen LogP contribution is -2.09. The summed E-state index contributed by atoms with van der Waals surface area (Å²) in [6.07, 6.45) is 0.715. The molecule has 0 aromatic carbocycles. The summed E-state index contributed by atoms with van der Waals surface area (Å²) in [6, 6.07) is 3.61. The molecule has 30 heavy (non-hydrogen) atoms. The number of rotatable bonds is 4. The molecule has 0 radical (unpaired) electrons. The second-order valence-electron chi connectivity index (χ2n) is 6.20. The van der Waals surface area contributed by atoms with Crippen molar-refractivity contribution in [2.24, 2.45) is 0 Å². The van der Waals surface area contributed by atoms with Crippen molar-refractivity contribution in [3.8, 4) is 17.1 Å². The Bertz CT molecular complexity index is 1360. The molecular weight excluding hydrogens is 445 g/mol. The van der Waals surface area contributed by atoms with Gasteiger partial charge in [0.25, 0.3) is 0 Å². The Morgan fingerprint density at radius 3 is 2.57 bits per heavy atom. The molecule has 4 aromatic rings. The lowest BCUT2D eigenvalue weighted by atomic mass is 10.2. The number of sulfone groups is 1. The zero-order valence-corrected chi connectivity index (χ0v) is 16.7. The molecule has 0 aliphatic rings. The van der Waals surface area contributed by atoms with Crippen LogP contribution in [0.15, 0.2) is 47.9 Å². The van der Waals surface area contributed by atoms with Gasteiger partial charge in [0.05, 0.1) is 33.8 Å². The quantitative estimate of drug-likeness (QED) is 0.467. The van der Waals surface area contributed by atoms with E-state index < -0.39 is 21.7 Å². The van der Waals surface area contributed by atoms with Crippen molar-refractivity contribution in [1.82, 2.24) is 29.4 Å². The third-order valence-corrected chi connectivity index (χ3v) is 6.18. The van der Waals surface area contributed by atoms with Crippen LogP contribution in [-0.2, 0) is 16.0 Å². The minimum Gasteiger partial charge on any atom is -0.236 e. The molecule has 0 spiro atoms. The molecule has 0 aliphatic carbocycles. The van der Waals surface area contributed by atoms with E-state index in [0.717, 1.165) is 10.6 Å². The highest BCUT2D eigenvalue weighted by Gasteiger charge is 2.34. The lowest BCUT2D eigenvalue weighted by Gasteiger charge is -2.11. The van der Waals surface area contributed by atoms with E-state index in [9.17, 15) is 21.6 Å². The number of halogens is 4. The molecule has 4 heterocycles. The molecule has 8 nitrogen and oxygen atoms in total. The summed E-state index contributed by atoms with van der Waals surface area (Å²) < 4.78 is 66.2. The summed E-state index contributed by atoms with van der Waals surface area (Å²) in [5, 5.41) is 7.86. The highest BCUT2D eigenvalue weighted by Crippen LogP contribution is 2.30. The molecule has 4 rings (SSSR count). The van der Waals surface area contributed by atoms with Crippen LogP contribution in [0.3, 0.4) is 0 Å². The van der Waals surface area contributed by atoms with Crippen molar-refractivity contribution < 1.29 is 21.6 Å². The Labute approximate surface area is 172 Å². The van der Waals surface area contributed by atoms with Crippen LogP contribution in [-0.4, -0.2) is 43.5 Å². The fraction of sp³-hybridized carbons (Fsp3) is 0.176. The second-order valence-corrected chi connectivity index (χ2v) is 8.88. The Hall–Kier alpha value is -2.99. The second kappa shape index (κ2) is 7.06. The standard InChI is InChI=1S/C17H12ClF3N6O2S/c1-2-30(28,29)12-3-4-14(26-9-11(18)7-23-26)24-16(12)10-6-22-15-5-13(17(19,20)21)25-27(15)8-10/h3-9H,2H2,1H3. The topological polar surface area (TPSA) is 95.0 Å². The smallest absolute Gasteiger partial charge is 0.236 e. The molecule has 0 bridgehead atoms. The van der Waals surface area contributed by atoms with E-state index in [1.54, 1.807) is 0 Å². The van der Waals surface area contributed by atoms with Crippen LogP contribution in [0.5, 0.6) is 0 Å². The highest BCUT2D eigenvalue weighted by molar-refractivity contribution is 7.91. The van der Waals surface area contributed by atoms with E-state index in [1.165, 1.54) is 48.5 Å². The number of alkyl halides is 3. The van der Waals surface area contributed by atoms with Gasteiger partial charge in [-0.2, -0.15) is 23.4 Å². The van der Waals surface area contributed by atoms with Gasteiger partial charge in [-0.3, -0.25) is 0 Å². The number of aromatic nitrogens is 6. The van der Waals surface area contributed by atoms with Gasteiger partial charge in [-0.05, 0) is 12.1 Å². The summed E-state index contributed by atoms with van der Waals surface area (Å²) in [4.78, 5) is 8.25. The molecule has 0 amide bonds. The first-order valence-corrected chi connectivity index (χ1v) is 10.5. The van der Waals surface area contributed by atoms with Crippen LogP contribution < -0.4 is 0 Å². The Kier molecular flexibility index (Phi) is 4.77. The maximum Gasteiger partial charge on any atom is 0.435 e. The Morgan fingerprint density at radius 2 is 1.93 bits per heavy atom. The number of hydrogen-bond donors (Lipinski definition) is 0. The van der Waals surface area contributed by atoms with Gasteiger partial charge in [-0.25, -0.2) is 27.6 Å². The SMILES string of the molecule is CCS(=O)(=O)c1ccc(-n2cc(Cl)cn2)nc1-c1cnc2cc(C(F)(F)F)nn2c1. The number of pyridine rings is 1. The summed E-state index contributed by atoms with van der Waals surface area (Å²) in [5.74, 6) is 0.0769. The molecule has 4 aromatic heterocycles. The summed E-state index contributed by atoms with van der Waals surface area (Å²) >= 11 is 5.88. The van der Waals surface area contributed by atoms with Gasteiger partial charge in [-0.1, -0.05) is 18.5 Å². The molecule has 0 saturated heterocycles. The van der Waals surface area contributed by atoms with Gasteiger partial charge in [0, 0.05) is 24.0 Å². The summed E-state index contributed by atoms with van der Waals surface area (Å²) in [6.45, 7) is 1.48. The fourth-order valence-corrected chi connectivity index (χ4v) is 3.92. The van der Waals surface area contributed by atoms with Crippen molar-refractivity contribution in [2.75, 3.05) is 5.75 Å². The monoisotopic (exact) mass is 456 g/mol. The van der Waals surface area contributed by atoms with E-state index >= 15 is 0 Å². The third-order valence-electron chi connectivity index (χ3n) is 4.22. The molecule has 0 atom stereocenters. The minimum absolute atomic E-state index is 0.0134. The van der Waals surface area contributed by atoms with Crippen LogP contribution in [0.4, 0.5) is 13.2 Å². The lowest BCUT2D eigenvalue weighted by molar-refractivity contribution is -0.141. The molecule has 0 N–H and O–H groups in total. The number of nitrogens with zero attached hydrogens (tertiary/aromatic N) is 6. The van der Waals surface area contributed by atoms with Crippen molar-refractivity contribution in [3.63, 3.8) is 0 Å². The highest BCUT2D eigenvalue weighted by atomic mass is 35.5. The van der Waals surface area contributed by atoms with Crippen LogP contribution >= 0.6 is 11.6 Å². The van der Waals surface area contributed by atoms with Crippen molar-refractivity contribution >= 4 is 27.1 Å². The van der Waals surface area contributed by atoms with Crippen LogP contribution in [0.1, 0.15) is 12.6 Å². The summed E-state index contributed by atoms with van der Waals surface area (Å²) in [7, 11) is -3.70. The predicted molar refractivity (Wildman–Crippen MR) is 101 cm³/mol. The zero-order chi connectivity index (χ0) is 21.7. The van der Waals surface area contributed by atoms with Crippen LogP contribution in [0.25, 0.3) is 22.7 Å². The molecule has 0 unspecified atom stereocenters. The van der Waals surface area contributed by atoms with Gasteiger partial charge in [-0.15, -0.1) is 0 Å². The zero-order valence-electron chi connectivity index (χ0n) is 15.2. The Morgan fingerprint density at radius 1 is 1.17 bits per heavy atom. The van der Waals surface area contributed by atoms with Crippen LogP contribution in [0.2, 0.25) is 5.02 Å². The van der Waals surface area contributed by atoms with E-state index in [1.807, 2.05) is 0 Å². The minimum atomic E-state index is -4.64. The first-order chi connectivity index (χ1) is 14.1. The third kappa shape index (κ3) is 3.63. The van der Waals surface area contributed by atoms with Gasteiger partial charge in [0.2, 0.25) is 0 Å². The molecule has 156 valence electrons. The van der Waals surface area contributed by atoms with Crippen LogP contribution in [0, 0.1) is 0 Å². The van der Waals surface area contributed by atoms with E-state index in [2.05, 4.69) is 20.2 Å². The maximum absolute atomic E-state index is 12.9. The van der Waals surface area contributed by atoms with Gasteiger partial charge in [0.1, 0.15) is 0 Å².